The van der Waals surface area contributed by atoms with Gasteiger partial charge in [0.15, 0.2) is 0 Å². The van der Waals surface area contributed by atoms with E-state index in [0.717, 1.165) is 18.2 Å². The van der Waals surface area contributed by atoms with Gasteiger partial charge < -0.3 is 9.84 Å². The molecule has 0 aliphatic heterocycles. The van der Waals surface area contributed by atoms with Gasteiger partial charge in [-0.15, -0.1) is 0 Å². The number of aliphatic hydroxyl groups excluding tert-OH is 1. The summed E-state index contributed by atoms with van der Waals surface area (Å²) in [5.74, 6) is -1.18. The van der Waals surface area contributed by atoms with Crippen LogP contribution in [0.2, 0.25) is 5.02 Å². The lowest BCUT2D eigenvalue weighted by atomic mass is 10.0. The van der Waals surface area contributed by atoms with Crippen LogP contribution < -0.4 is 4.74 Å². The Morgan fingerprint density at radius 2 is 1.75 bits per heavy atom. The van der Waals surface area contributed by atoms with Gasteiger partial charge in [0.25, 0.3) is 0 Å². The van der Waals surface area contributed by atoms with Crippen LogP contribution in [-0.2, 0) is 0 Å². The van der Waals surface area contributed by atoms with E-state index in [0.29, 0.717) is 20.8 Å². The van der Waals surface area contributed by atoms with Gasteiger partial charge in [-0.05, 0) is 45.8 Å². The zero-order valence-corrected chi connectivity index (χ0v) is 12.7. The zero-order valence-electron chi connectivity index (χ0n) is 10.3. The van der Waals surface area contributed by atoms with Gasteiger partial charge >= 0.3 is 0 Å². The average molecular weight is 364 g/mol. The van der Waals surface area contributed by atoms with Gasteiger partial charge in [0.05, 0.1) is 11.6 Å². The molecule has 2 aromatic carbocycles. The maximum atomic E-state index is 13.2. The minimum absolute atomic E-state index is 0.0787. The Hall–Kier alpha value is -1.17. The van der Waals surface area contributed by atoms with E-state index in [1.54, 1.807) is 6.07 Å². The molecular formula is C14H10BrClF2O2. The summed E-state index contributed by atoms with van der Waals surface area (Å²) in [6, 6.07) is 5.94. The summed E-state index contributed by atoms with van der Waals surface area (Å²) in [6.07, 6.45) is -1.26. The molecule has 1 atom stereocenters. The van der Waals surface area contributed by atoms with Crippen LogP contribution in [0.3, 0.4) is 0 Å². The quantitative estimate of drug-likeness (QED) is 0.872. The van der Waals surface area contributed by atoms with Crippen LogP contribution >= 0.6 is 27.5 Å². The summed E-state index contributed by atoms with van der Waals surface area (Å²) in [7, 11) is 1.43. The fraction of sp³-hybridized carbons (Fsp3) is 0.143. The monoisotopic (exact) mass is 362 g/mol. The molecular weight excluding hydrogens is 354 g/mol. The Kier molecular flexibility index (Phi) is 4.62. The van der Waals surface area contributed by atoms with E-state index in [-0.39, 0.29) is 5.56 Å². The molecule has 0 spiro atoms. The number of hydrogen-bond acceptors (Lipinski definition) is 2. The zero-order chi connectivity index (χ0) is 14.9. The molecule has 2 rings (SSSR count). The van der Waals surface area contributed by atoms with Crippen molar-refractivity contribution in [1.82, 2.24) is 0 Å². The van der Waals surface area contributed by atoms with Crippen molar-refractivity contribution in [3.05, 3.63) is 62.6 Å². The van der Waals surface area contributed by atoms with Crippen molar-refractivity contribution in [2.24, 2.45) is 0 Å². The molecule has 1 N–H and O–H groups in total. The molecule has 106 valence electrons. The van der Waals surface area contributed by atoms with Crippen molar-refractivity contribution in [3.8, 4) is 5.75 Å². The average Bonchev–Trinajstić information content (AvgIpc) is 2.35. The molecule has 0 aliphatic rings. The predicted octanol–water partition coefficient (Wildman–Crippen LogP) is 4.47. The first-order chi connectivity index (χ1) is 9.42. The predicted molar refractivity (Wildman–Crippen MR) is 76.1 cm³/mol. The summed E-state index contributed by atoms with van der Waals surface area (Å²) >= 11 is 9.19. The van der Waals surface area contributed by atoms with E-state index in [1.807, 2.05) is 0 Å². The largest absolute Gasteiger partial charge is 0.495 e. The normalized spacial score (nSPS) is 12.3. The third kappa shape index (κ3) is 3.11. The highest BCUT2D eigenvalue weighted by Gasteiger charge is 2.20. The molecule has 0 heterocycles. The summed E-state index contributed by atoms with van der Waals surface area (Å²) in [4.78, 5) is 0. The first-order valence-electron chi connectivity index (χ1n) is 5.59. The number of ether oxygens (including phenoxy) is 1. The number of hydrogen-bond donors (Lipinski definition) is 1. The standard InChI is InChI=1S/C14H10BrClF2O2/c1-20-14-11(4-8(16)5-12(14)15)13(19)7-2-9(17)6-10(18)3-7/h2-6,13,19H,1H3. The van der Waals surface area contributed by atoms with E-state index in [1.165, 1.54) is 13.2 Å². The lowest BCUT2D eigenvalue weighted by Gasteiger charge is -2.17. The minimum atomic E-state index is -1.26. The summed E-state index contributed by atoms with van der Waals surface area (Å²) < 4.78 is 32.2. The molecule has 2 aromatic rings. The van der Waals surface area contributed by atoms with Crippen molar-refractivity contribution < 1.29 is 18.6 Å². The molecule has 0 aliphatic carbocycles. The van der Waals surface area contributed by atoms with Crippen LogP contribution in [0, 0.1) is 11.6 Å². The maximum Gasteiger partial charge on any atom is 0.139 e. The van der Waals surface area contributed by atoms with Crippen LogP contribution in [0.4, 0.5) is 8.78 Å². The van der Waals surface area contributed by atoms with Gasteiger partial charge in [-0.3, -0.25) is 0 Å². The Morgan fingerprint density at radius 3 is 2.30 bits per heavy atom. The van der Waals surface area contributed by atoms with Gasteiger partial charge in [-0.2, -0.15) is 0 Å². The molecule has 0 bridgehead atoms. The van der Waals surface area contributed by atoms with Crippen molar-refractivity contribution in [1.29, 1.82) is 0 Å². The van der Waals surface area contributed by atoms with E-state index < -0.39 is 17.7 Å². The molecule has 1 unspecified atom stereocenters. The Balaban J connectivity index is 2.55. The maximum absolute atomic E-state index is 13.2. The molecule has 0 radical (unpaired) electrons. The van der Waals surface area contributed by atoms with E-state index in [9.17, 15) is 13.9 Å². The summed E-state index contributed by atoms with van der Waals surface area (Å²) in [5.41, 5.74) is 0.395. The Bertz CT molecular complexity index is 629. The first kappa shape index (κ1) is 15.2. The van der Waals surface area contributed by atoms with E-state index >= 15 is 0 Å². The smallest absolute Gasteiger partial charge is 0.139 e. The summed E-state index contributed by atoms with van der Waals surface area (Å²) in [6.45, 7) is 0. The van der Waals surface area contributed by atoms with Gasteiger partial charge in [0.1, 0.15) is 23.5 Å². The lowest BCUT2D eigenvalue weighted by Crippen LogP contribution is -2.04. The number of methoxy groups -OCH3 is 1. The van der Waals surface area contributed by atoms with E-state index in [2.05, 4.69) is 15.9 Å². The fourth-order valence-electron chi connectivity index (χ4n) is 1.91. The van der Waals surface area contributed by atoms with Crippen molar-refractivity contribution in [2.75, 3.05) is 7.11 Å². The van der Waals surface area contributed by atoms with Crippen molar-refractivity contribution in [2.45, 2.75) is 6.10 Å². The second-order valence-corrected chi connectivity index (χ2v) is 5.41. The van der Waals surface area contributed by atoms with Gasteiger partial charge in [0.2, 0.25) is 0 Å². The highest BCUT2D eigenvalue weighted by atomic mass is 79.9. The van der Waals surface area contributed by atoms with Crippen molar-refractivity contribution >= 4 is 27.5 Å². The Labute approximate surface area is 128 Å². The molecule has 0 saturated carbocycles. The molecule has 6 heteroatoms. The highest BCUT2D eigenvalue weighted by molar-refractivity contribution is 9.10. The van der Waals surface area contributed by atoms with Gasteiger partial charge in [-0.25, -0.2) is 8.78 Å². The van der Waals surface area contributed by atoms with Gasteiger partial charge in [0, 0.05) is 16.7 Å². The van der Waals surface area contributed by atoms with Crippen LogP contribution in [0.5, 0.6) is 5.75 Å². The number of benzene rings is 2. The SMILES string of the molecule is COc1c(Br)cc(Cl)cc1C(O)c1cc(F)cc(F)c1. The second kappa shape index (κ2) is 6.08. The van der Waals surface area contributed by atoms with Crippen LogP contribution in [0.15, 0.2) is 34.8 Å². The molecule has 20 heavy (non-hydrogen) atoms. The van der Waals surface area contributed by atoms with Gasteiger partial charge in [-0.1, -0.05) is 11.6 Å². The number of aliphatic hydroxyl groups is 1. The Morgan fingerprint density at radius 1 is 1.15 bits per heavy atom. The third-order valence-corrected chi connectivity index (χ3v) is 3.54. The molecule has 0 aromatic heterocycles. The molecule has 2 nitrogen and oxygen atoms in total. The topological polar surface area (TPSA) is 29.5 Å². The highest BCUT2D eigenvalue weighted by Crippen LogP contribution is 2.38. The molecule has 0 saturated heterocycles. The van der Waals surface area contributed by atoms with E-state index in [4.69, 9.17) is 16.3 Å². The molecule has 0 amide bonds. The fourth-order valence-corrected chi connectivity index (χ4v) is 2.91. The summed E-state index contributed by atoms with van der Waals surface area (Å²) in [5, 5.41) is 10.7. The number of halogens is 4. The molecule has 0 fully saturated rings. The first-order valence-corrected chi connectivity index (χ1v) is 6.76. The number of rotatable bonds is 3. The van der Waals surface area contributed by atoms with Crippen LogP contribution in [0.25, 0.3) is 0 Å². The van der Waals surface area contributed by atoms with Crippen LogP contribution in [-0.4, -0.2) is 12.2 Å². The van der Waals surface area contributed by atoms with Crippen LogP contribution in [0.1, 0.15) is 17.2 Å². The third-order valence-electron chi connectivity index (χ3n) is 2.74. The minimum Gasteiger partial charge on any atom is -0.495 e. The lowest BCUT2D eigenvalue weighted by molar-refractivity contribution is 0.213. The second-order valence-electron chi connectivity index (χ2n) is 4.12. The van der Waals surface area contributed by atoms with Crippen molar-refractivity contribution in [3.63, 3.8) is 0 Å².